The van der Waals surface area contributed by atoms with E-state index in [1.807, 2.05) is 30.5 Å². The van der Waals surface area contributed by atoms with E-state index in [0.717, 1.165) is 27.9 Å². The van der Waals surface area contributed by atoms with E-state index in [-0.39, 0.29) is 0 Å². The highest BCUT2D eigenvalue weighted by Gasteiger charge is 2.10. The molecule has 4 aromatic rings. The molecule has 0 fully saturated rings. The van der Waals surface area contributed by atoms with Crippen molar-refractivity contribution in [1.82, 2.24) is 19.6 Å². The minimum Gasteiger partial charge on any atom is -0.495 e. The summed E-state index contributed by atoms with van der Waals surface area (Å²) in [6.45, 7) is 0.740. The molecule has 0 bridgehead atoms. The van der Waals surface area contributed by atoms with Gasteiger partial charge in [0.1, 0.15) is 5.75 Å². The summed E-state index contributed by atoms with van der Waals surface area (Å²) in [5, 5.41) is 8.70. The first-order valence-electron chi connectivity index (χ1n) is 7.45. The molecule has 24 heavy (non-hydrogen) atoms. The number of anilines is 1. The monoisotopic (exact) mass is 337 g/mol. The van der Waals surface area contributed by atoms with Crippen molar-refractivity contribution in [3.8, 4) is 17.0 Å². The van der Waals surface area contributed by atoms with Gasteiger partial charge in [0.05, 0.1) is 25.2 Å². The Bertz CT molecular complexity index is 932. The van der Waals surface area contributed by atoms with Crippen LogP contribution < -0.4 is 10.1 Å². The maximum absolute atomic E-state index is 5.20. The van der Waals surface area contributed by atoms with Crippen molar-refractivity contribution in [2.24, 2.45) is 0 Å². The van der Waals surface area contributed by atoms with Crippen molar-refractivity contribution in [2.75, 3.05) is 12.4 Å². The Kier molecular flexibility index (Phi) is 3.84. The fourth-order valence-corrected chi connectivity index (χ4v) is 3.13. The predicted octanol–water partition coefficient (Wildman–Crippen LogP) is 3.47. The van der Waals surface area contributed by atoms with Crippen LogP contribution in [0.25, 0.3) is 16.2 Å². The predicted molar refractivity (Wildman–Crippen MR) is 94.4 cm³/mol. The van der Waals surface area contributed by atoms with E-state index in [0.29, 0.717) is 5.75 Å². The lowest BCUT2D eigenvalue weighted by Gasteiger charge is -2.01. The van der Waals surface area contributed by atoms with Gasteiger partial charge >= 0.3 is 0 Å². The number of pyridine rings is 1. The second-order valence-electron chi connectivity index (χ2n) is 5.21. The molecule has 0 amide bonds. The average Bonchev–Trinajstić information content (AvgIpc) is 3.19. The summed E-state index contributed by atoms with van der Waals surface area (Å²) in [5.74, 6) is 0.710. The molecule has 0 saturated heterocycles. The molecule has 0 saturated carbocycles. The van der Waals surface area contributed by atoms with Crippen molar-refractivity contribution < 1.29 is 4.74 Å². The molecule has 1 aromatic carbocycles. The van der Waals surface area contributed by atoms with Gasteiger partial charge in [0.15, 0.2) is 0 Å². The molecular formula is C17H15N5OS. The molecule has 4 rings (SSSR count). The minimum atomic E-state index is 0.710. The standard InChI is InChI=1S/C17H15N5OS/c1-23-14-7-13(9-18-10-14)15-11-22-17(20-15)24-16(21-22)19-8-12-5-3-2-4-6-12/h2-7,9-11H,8H2,1H3,(H,19,21). The van der Waals surface area contributed by atoms with Crippen LogP contribution in [0.2, 0.25) is 0 Å². The molecule has 0 radical (unpaired) electrons. The van der Waals surface area contributed by atoms with Crippen molar-refractivity contribution in [3.63, 3.8) is 0 Å². The molecule has 3 heterocycles. The van der Waals surface area contributed by atoms with Gasteiger partial charge < -0.3 is 10.1 Å². The van der Waals surface area contributed by atoms with Gasteiger partial charge in [-0.05, 0) is 11.6 Å². The maximum Gasteiger partial charge on any atom is 0.214 e. The third-order valence-corrected chi connectivity index (χ3v) is 4.45. The smallest absolute Gasteiger partial charge is 0.214 e. The van der Waals surface area contributed by atoms with E-state index in [4.69, 9.17) is 4.74 Å². The number of aromatic nitrogens is 4. The summed E-state index contributed by atoms with van der Waals surface area (Å²) >= 11 is 1.52. The topological polar surface area (TPSA) is 64.3 Å². The van der Waals surface area contributed by atoms with E-state index in [9.17, 15) is 0 Å². The van der Waals surface area contributed by atoms with E-state index in [1.165, 1.54) is 16.9 Å². The van der Waals surface area contributed by atoms with E-state index < -0.39 is 0 Å². The second kappa shape index (κ2) is 6.29. The van der Waals surface area contributed by atoms with Crippen LogP contribution in [0.3, 0.4) is 0 Å². The number of methoxy groups -OCH3 is 1. The average molecular weight is 337 g/mol. The van der Waals surface area contributed by atoms with Gasteiger partial charge in [-0.2, -0.15) is 0 Å². The summed E-state index contributed by atoms with van der Waals surface area (Å²) in [6.07, 6.45) is 5.34. The quantitative estimate of drug-likeness (QED) is 0.604. The van der Waals surface area contributed by atoms with Gasteiger partial charge in [0.25, 0.3) is 0 Å². The molecule has 6 nitrogen and oxygen atoms in total. The molecule has 0 unspecified atom stereocenters. The normalized spacial score (nSPS) is 10.9. The second-order valence-corrected chi connectivity index (χ2v) is 6.17. The summed E-state index contributed by atoms with van der Waals surface area (Å²) < 4.78 is 6.99. The van der Waals surface area contributed by atoms with Gasteiger partial charge in [-0.15, -0.1) is 5.10 Å². The number of benzene rings is 1. The molecular weight excluding hydrogens is 322 g/mol. The third-order valence-electron chi connectivity index (χ3n) is 3.57. The fraction of sp³-hybridized carbons (Fsp3) is 0.118. The number of rotatable bonds is 5. The highest BCUT2D eigenvalue weighted by molar-refractivity contribution is 7.20. The first-order chi connectivity index (χ1) is 11.8. The zero-order valence-corrected chi connectivity index (χ0v) is 13.8. The number of nitrogens with one attached hydrogen (secondary N) is 1. The van der Waals surface area contributed by atoms with Crippen molar-refractivity contribution in [1.29, 1.82) is 0 Å². The first kappa shape index (κ1) is 14.6. The van der Waals surface area contributed by atoms with Crippen LogP contribution in [0.15, 0.2) is 55.0 Å². The zero-order valence-electron chi connectivity index (χ0n) is 13.0. The van der Waals surface area contributed by atoms with Gasteiger partial charge in [0.2, 0.25) is 10.1 Å². The number of hydrogen-bond acceptors (Lipinski definition) is 6. The molecule has 0 aliphatic rings. The minimum absolute atomic E-state index is 0.710. The highest BCUT2D eigenvalue weighted by atomic mass is 32.1. The Hall–Kier alpha value is -2.93. The Morgan fingerprint density at radius 1 is 1.21 bits per heavy atom. The van der Waals surface area contributed by atoms with Crippen LogP contribution in [-0.4, -0.2) is 26.7 Å². The van der Waals surface area contributed by atoms with Gasteiger partial charge in [-0.3, -0.25) is 4.98 Å². The Balaban J connectivity index is 1.54. The van der Waals surface area contributed by atoms with Crippen LogP contribution in [0.5, 0.6) is 5.75 Å². The molecule has 1 N–H and O–H groups in total. The summed E-state index contributed by atoms with van der Waals surface area (Å²) in [4.78, 5) is 9.62. The number of fused-ring (bicyclic) bond motifs is 1. The van der Waals surface area contributed by atoms with E-state index >= 15 is 0 Å². The highest BCUT2D eigenvalue weighted by Crippen LogP contribution is 2.26. The summed E-state index contributed by atoms with van der Waals surface area (Å²) in [6, 6.07) is 12.1. The Labute approximate surface area is 142 Å². The lowest BCUT2D eigenvalue weighted by Crippen LogP contribution is -1.99. The van der Waals surface area contributed by atoms with Crippen molar-refractivity contribution in [3.05, 3.63) is 60.6 Å². The zero-order chi connectivity index (χ0) is 16.4. The number of imidazole rings is 1. The molecule has 0 spiro atoms. The van der Waals surface area contributed by atoms with Gasteiger partial charge in [-0.25, -0.2) is 9.50 Å². The molecule has 120 valence electrons. The number of hydrogen-bond donors (Lipinski definition) is 1. The van der Waals surface area contributed by atoms with Crippen LogP contribution >= 0.6 is 11.3 Å². The summed E-state index contributed by atoms with van der Waals surface area (Å²) in [5.41, 5.74) is 2.95. The Morgan fingerprint density at radius 2 is 2.08 bits per heavy atom. The maximum atomic E-state index is 5.20. The van der Waals surface area contributed by atoms with Gasteiger partial charge in [0, 0.05) is 18.3 Å². The van der Waals surface area contributed by atoms with Gasteiger partial charge in [-0.1, -0.05) is 41.7 Å². The summed E-state index contributed by atoms with van der Waals surface area (Å²) in [7, 11) is 1.62. The molecule has 3 aromatic heterocycles. The molecule has 7 heteroatoms. The first-order valence-corrected chi connectivity index (χ1v) is 8.27. The van der Waals surface area contributed by atoms with Crippen LogP contribution in [-0.2, 0) is 6.54 Å². The van der Waals surface area contributed by atoms with Crippen LogP contribution in [0.4, 0.5) is 5.13 Å². The van der Waals surface area contributed by atoms with E-state index in [1.54, 1.807) is 24.0 Å². The van der Waals surface area contributed by atoms with Crippen LogP contribution in [0.1, 0.15) is 5.56 Å². The molecule has 0 aliphatic heterocycles. The molecule has 0 atom stereocenters. The largest absolute Gasteiger partial charge is 0.495 e. The number of ether oxygens (including phenoxy) is 1. The van der Waals surface area contributed by atoms with Crippen LogP contribution in [0, 0.1) is 0 Å². The lowest BCUT2D eigenvalue weighted by molar-refractivity contribution is 0.413. The fourth-order valence-electron chi connectivity index (χ4n) is 2.35. The van der Waals surface area contributed by atoms with Crippen molar-refractivity contribution in [2.45, 2.75) is 6.54 Å². The SMILES string of the molecule is COc1cncc(-c2cn3nc(NCc4ccccc4)sc3n2)c1. The number of nitrogens with zero attached hydrogens (tertiary/aromatic N) is 4. The lowest BCUT2D eigenvalue weighted by atomic mass is 10.2. The van der Waals surface area contributed by atoms with E-state index in [2.05, 4.69) is 32.5 Å². The third kappa shape index (κ3) is 2.93. The van der Waals surface area contributed by atoms with Crippen molar-refractivity contribution >= 4 is 21.4 Å². The Morgan fingerprint density at radius 3 is 2.88 bits per heavy atom. The molecule has 0 aliphatic carbocycles.